The van der Waals surface area contributed by atoms with Crippen molar-refractivity contribution < 1.29 is 9.53 Å². The molecule has 138 valence electrons. The van der Waals surface area contributed by atoms with E-state index in [1.54, 1.807) is 43.6 Å². The molecular weight excluding hydrogens is 328 g/mol. The molecule has 1 aromatic heterocycles. The number of nitrogens with zero attached hydrogens (tertiary/aromatic N) is 1. The van der Waals surface area contributed by atoms with Crippen LogP contribution in [0.15, 0.2) is 36.7 Å². The minimum atomic E-state index is -0.608. The van der Waals surface area contributed by atoms with Gasteiger partial charge in [0.1, 0.15) is 12.4 Å². The van der Waals surface area contributed by atoms with Crippen molar-refractivity contribution in [3.63, 3.8) is 0 Å². The van der Waals surface area contributed by atoms with Gasteiger partial charge in [0.15, 0.2) is 0 Å². The van der Waals surface area contributed by atoms with Crippen molar-refractivity contribution in [3.05, 3.63) is 53.3 Å². The zero-order valence-corrected chi connectivity index (χ0v) is 15.7. The summed E-state index contributed by atoms with van der Waals surface area (Å²) in [6, 6.07) is 7.02. The third kappa shape index (κ3) is 4.59. The number of aryl methyl sites for hydroxylation is 1. The summed E-state index contributed by atoms with van der Waals surface area (Å²) < 4.78 is 5.89. The van der Waals surface area contributed by atoms with Crippen LogP contribution < -0.4 is 15.8 Å². The Morgan fingerprint density at radius 2 is 2.08 bits per heavy atom. The minimum absolute atomic E-state index is 0.158. The molecule has 4 N–H and O–H groups in total. The largest absolute Gasteiger partial charge is 0.490 e. The van der Waals surface area contributed by atoms with Gasteiger partial charge in [0.2, 0.25) is 0 Å². The van der Waals surface area contributed by atoms with Crippen LogP contribution in [0.25, 0.3) is 0 Å². The lowest BCUT2D eigenvalue weighted by Crippen LogP contribution is -2.48. The predicted octanol–water partition coefficient (Wildman–Crippen LogP) is 3.20. The second-order valence-electron chi connectivity index (χ2n) is 6.86. The number of hydrogen-bond acceptors (Lipinski definition) is 5. The smallest absolute Gasteiger partial charge is 0.252 e. The van der Waals surface area contributed by atoms with Gasteiger partial charge in [-0.05, 0) is 51.0 Å². The maximum atomic E-state index is 12.6. The number of nitrogens with two attached hydrogens (primary N) is 1. The molecular formula is C20H26N4O2. The molecule has 1 amide bonds. The summed E-state index contributed by atoms with van der Waals surface area (Å²) in [6.45, 7) is 7.68. The molecule has 0 saturated heterocycles. The van der Waals surface area contributed by atoms with E-state index < -0.39 is 5.54 Å². The summed E-state index contributed by atoms with van der Waals surface area (Å²) in [7, 11) is 0. The fraction of sp³-hybridized carbons (Fsp3) is 0.350. The maximum Gasteiger partial charge on any atom is 0.252 e. The molecule has 0 fully saturated rings. The van der Waals surface area contributed by atoms with Crippen LogP contribution in [0, 0.1) is 5.41 Å². The molecule has 0 aliphatic rings. The monoisotopic (exact) mass is 354 g/mol. The summed E-state index contributed by atoms with van der Waals surface area (Å²) in [4.78, 5) is 16.7. The SMILES string of the molecule is CCc1cnccc1C(=O)NC(C)(C)COc1cccc(N)c1C(C)=N. The molecule has 6 nitrogen and oxygen atoms in total. The van der Waals surface area contributed by atoms with Crippen LogP contribution in [0.1, 0.15) is 49.2 Å². The van der Waals surface area contributed by atoms with Gasteiger partial charge < -0.3 is 21.2 Å². The molecule has 1 aromatic carbocycles. The Kier molecular flexibility index (Phi) is 5.97. The van der Waals surface area contributed by atoms with Gasteiger partial charge >= 0.3 is 0 Å². The molecule has 0 spiro atoms. The predicted molar refractivity (Wildman–Crippen MR) is 104 cm³/mol. The van der Waals surface area contributed by atoms with Crippen molar-refractivity contribution in [2.45, 2.75) is 39.7 Å². The number of anilines is 1. The van der Waals surface area contributed by atoms with Crippen molar-refractivity contribution in [2.75, 3.05) is 12.3 Å². The van der Waals surface area contributed by atoms with Gasteiger partial charge in [0, 0.05) is 29.4 Å². The molecule has 0 atom stereocenters. The zero-order chi connectivity index (χ0) is 19.3. The molecule has 0 aliphatic heterocycles. The average Bonchev–Trinajstić information content (AvgIpc) is 2.59. The first-order valence-corrected chi connectivity index (χ1v) is 8.57. The molecule has 0 radical (unpaired) electrons. The van der Waals surface area contributed by atoms with E-state index in [-0.39, 0.29) is 12.5 Å². The summed E-state index contributed by atoms with van der Waals surface area (Å²) in [6.07, 6.45) is 4.06. The highest BCUT2D eigenvalue weighted by atomic mass is 16.5. The van der Waals surface area contributed by atoms with Gasteiger partial charge in [-0.1, -0.05) is 13.0 Å². The third-order valence-corrected chi connectivity index (χ3v) is 4.00. The number of carbonyl (C=O) groups excluding carboxylic acids is 1. The quantitative estimate of drug-likeness (QED) is 0.525. The van der Waals surface area contributed by atoms with E-state index in [1.165, 1.54) is 0 Å². The van der Waals surface area contributed by atoms with Gasteiger partial charge in [-0.25, -0.2) is 0 Å². The summed E-state index contributed by atoms with van der Waals surface area (Å²) in [5, 5.41) is 10.9. The summed E-state index contributed by atoms with van der Waals surface area (Å²) >= 11 is 0. The highest BCUT2D eigenvalue weighted by Gasteiger charge is 2.24. The van der Waals surface area contributed by atoms with Gasteiger partial charge in [0.05, 0.1) is 11.1 Å². The number of carbonyl (C=O) groups is 1. The van der Waals surface area contributed by atoms with Gasteiger partial charge in [-0.3, -0.25) is 9.78 Å². The van der Waals surface area contributed by atoms with E-state index in [0.29, 0.717) is 28.3 Å². The number of ether oxygens (including phenoxy) is 1. The summed E-state index contributed by atoms with van der Waals surface area (Å²) in [5.41, 5.74) is 8.29. The van der Waals surface area contributed by atoms with Gasteiger partial charge in [0.25, 0.3) is 5.91 Å². The standard InChI is InChI=1S/C20H26N4O2/c1-5-14-11-23-10-9-15(14)19(25)24-20(3,4)12-26-17-8-6-7-16(22)18(17)13(2)21/h6-11,21H,5,12,22H2,1-4H3,(H,24,25). The lowest BCUT2D eigenvalue weighted by molar-refractivity contribution is 0.0879. The number of pyridine rings is 1. The second-order valence-corrected chi connectivity index (χ2v) is 6.86. The van der Waals surface area contributed by atoms with E-state index in [1.807, 2.05) is 20.8 Å². The Morgan fingerprint density at radius 1 is 1.35 bits per heavy atom. The topological polar surface area (TPSA) is 101 Å². The molecule has 2 rings (SSSR count). The average molecular weight is 354 g/mol. The molecule has 0 bridgehead atoms. The number of rotatable bonds is 7. The molecule has 26 heavy (non-hydrogen) atoms. The highest BCUT2D eigenvalue weighted by molar-refractivity contribution is 6.03. The molecule has 0 saturated carbocycles. The Morgan fingerprint density at radius 3 is 2.73 bits per heavy atom. The van der Waals surface area contributed by atoms with Crippen molar-refractivity contribution in [3.8, 4) is 5.75 Å². The van der Waals surface area contributed by atoms with E-state index in [4.69, 9.17) is 15.9 Å². The number of aromatic nitrogens is 1. The lowest BCUT2D eigenvalue weighted by Gasteiger charge is -2.27. The number of hydrogen-bond donors (Lipinski definition) is 3. The Bertz CT molecular complexity index is 815. The first-order valence-electron chi connectivity index (χ1n) is 8.57. The van der Waals surface area contributed by atoms with Crippen molar-refractivity contribution in [2.24, 2.45) is 0 Å². The van der Waals surface area contributed by atoms with E-state index >= 15 is 0 Å². The number of nitrogen functional groups attached to an aromatic ring is 1. The van der Waals surface area contributed by atoms with Crippen molar-refractivity contribution >= 4 is 17.3 Å². The van der Waals surface area contributed by atoms with Crippen LogP contribution in [-0.4, -0.2) is 28.7 Å². The fourth-order valence-electron chi connectivity index (χ4n) is 2.67. The maximum absolute atomic E-state index is 12.6. The van der Waals surface area contributed by atoms with Crippen molar-refractivity contribution in [1.29, 1.82) is 5.41 Å². The Labute approximate surface area is 154 Å². The Hall–Kier alpha value is -2.89. The van der Waals surface area contributed by atoms with E-state index in [9.17, 15) is 4.79 Å². The van der Waals surface area contributed by atoms with Crippen LogP contribution in [0.2, 0.25) is 0 Å². The number of benzene rings is 1. The van der Waals surface area contributed by atoms with Crippen LogP contribution in [-0.2, 0) is 6.42 Å². The fourth-order valence-corrected chi connectivity index (χ4v) is 2.67. The number of amides is 1. The molecule has 1 heterocycles. The van der Waals surface area contributed by atoms with Crippen LogP contribution >= 0.6 is 0 Å². The molecule has 6 heteroatoms. The second kappa shape index (κ2) is 7.99. The minimum Gasteiger partial charge on any atom is -0.490 e. The normalized spacial score (nSPS) is 11.1. The van der Waals surface area contributed by atoms with Gasteiger partial charge in [-0.2, -0.15) is 0 Å². The summed E-state index contributed by atoms with van der Waals surface area (Å²) in [5.74, 6) is 0.381. The zero-order valence-electron chi connectivity index (χ0n) is 15.7. The van der Waals surface area contributed by atoms with Crippen molar-refractivity contribution in [1.82, 2.24) is 10.3 Å². The van der Waals surface area contributed by atoms with E-state index in [0.717, 1.165) is 12.0 Å². The van der Waals surface area contributed by atoms with Crippen LogP contribution in [0.5, 0.6) is 5.75 Å². The third-order valence-electron chi connectivity index (χ3n) is 4.00. The molecule has 0 aliphatic carbocycles. The number of nitrogens with one attached hydrogen (secondary N) is 2. The molecule has 0 unspecified atom stereocenters. The highest BCUT2D eigenvalue weighted by Crippen LogP contribution is 2.25. The van der Waals surface area contributed by atoms with Crippen LogP contribution in [0.4, 0.5) is 5.69 Å². The van der Waals surface area contributed by atoms with E-state index in [2.05, 4.69) is 10.3 Å². The molecule has 2 aromatic rings. The van der Waals surface area contributed by atoms with Gasteiger partial charge in [-0.15, -0.1) is 0 Å². The lowest BCUT2D eigenvalue weighted by atomic mass is 10.0. The first kappa shape index (κ1) is 19.4. The first-order chi connectivity index (χ1) is 12.2. The Balaban J connectivity index is 2.11. The van der Waals surface area contributed by atoms with Crippen LogP contribution in [0.3, 0.4) is 0 Å².